The monoisotopic (exact) mass is 258 g/mol. The number of rotatable bonds is 6. The topological polar surface area (TPSA) is 38.7 Å². The largest absolute Gasteiger partial charge is 0.414 e. The van der Waals surface area contributed by atoms with Gasteiger partial charge in [-0.05, 0) is 18.1 Å². The lowest BCUT2D eigenvalue weighted by Crippen LogP contribution is -2.40. The molecule has 0 spiro atoms. The first-order valence-corrected chi connectivity index (χ1v) is 9.50. The van der Waals surface area contributed by atoms with Crippen LogP contribution in [0.25, 0.3) is 0 Å². The molecule has 3 nitrogen and oxygen atoms in total. The van der Waals surface area contributed by atoms with Gasteiger partial charge in [0.1, 0.15) is 14.0 Å². The van der Waals surface area contributed by atoms with E-state index in [0.29, 0.717) is 6.61 Å². The third kappa shape index (κ3) is 3.34. The molecule has 1 unspecified atom stereocenters. The van der Waals surface area contributed by atoms with Crippen molar-refractivity contribution in [2.45, 2.75) is 64.0 Å². The van der Waals surface area contributed by atoms with Gasteiger partial charge in [0, 0.05) is 11.9 Å². The van der Waals surface area contributed by atoms with Crippen molar-refractivity contribution in [3.63, 3.8) is 0 Å². The maximum atomic E-state index is 10.1. The van der Waals surface area contributed by atoms with Crippen molar-refractivity contribution < 1.29 is 14.3 Å². The molecule has 1 aliphatic rings. The van der Waals surface area contributed by atoms with Gasteiger partial charge in [-0.2, -0.15) is 0 Å². The van der Waals surface area contributed by atoms with Crippen LogP contribution in [0, 0.1) is 5.92 Å². The number of aliphatic hydroxyl groups excluding tert-OH is 1. The van der Waals surface area contributed by atoms with Gasteiger partial charge in [-0.1, -0.05) is 27.7 Å². The van der Waals surface area contributed by atoms with Gasteiger partial charge in [0.05, 0.1) is 12.7 Å². The fraction of sp³-hybridized carbons (Fsp3) is 1.00. The van der Waals surface area contributed by atoms with Crippen LogP contribution in [0.5, 0.6) is 0 Å². The predicted molar refractivity (Wildman–Crippen MR) is 75.5 cm³/mol. The van der Waals surface area contributed by atoms with Crippen molar-refractivity contribution in [2.75, 3.05) is 6.61 Å². The molecule has 4 atom stereocenters. The lowest BCUT2D eigenvalue weighted by molar-refractivity contribution is -0.00106. The Kier molecular flexibility index (Phi) is 5.70. The van der Waals surface area contributed by atoms with Crippen molar-refractivity contribution in [2.24, 2.45) is 5.92 Å². The molecule has 100 valence electrons. The van der Waals surface area contributed by atoms with Gasteiger partial charge < -0.3 is 14.3 Å². The van der Waals surface area contributed by atoms with Crippen LogP contribution in [0.4, 0.5) is 0 Å². The van der Waals surface area contributed by atoms with Gasteiger partial charge in [-0.15, -0.1) is 0 Å². The van der Waals surface area contributed by atoms with Gasteiger partial charge in [0.15, 0.2) is 8.32 Å². The second-order valence-corrected chi connectivity index (χ2v) is 10.1. The molecule has 0 aromatic carbocycles. The highest BCUT2D eigenvalue weighted by Gasteiger charge is 2.39. The van der Waals surface area contributed by atoms with Crippen LogP contribution in [-0.2, 0) is 9.16 Å². The van der Waals surface area contributed by atoms with E-state index in [1.165, 1.54) is 0 Å². The van der Waals surface area contributed by atoms with E-state index in [1.54, 1.807) is 0 Å². The van der Waals surface area contributed by atoms with Crippen LogP contribution in [-0.4, -0.2) is 46.1 Å². The minimum Gasteiger partial charge on any atom is -0.414 e. The third-order valence-electron chi connectivity index (χ3n) is 4.54. The summed E-state index contributed by atoms with van der Waals surface area (Å²) in [5.41, 5.74) is 0. The molecule has 1 heterocycles. The Morgan fingerprint density at radius 3 is 2.12 bits per heavy atom. The summed E-state index contributed by atoms with van der Waals surface area (Å²) in [5, 5.41) is 10.1. The summed E-state index contributed by atoms with van der Waals surface area (Å²) in [4.78, 5) is 0. The first-order chi connectivity index (χ1) is 7.99. The average molecular weight is 258 g/mol. The summed E-state index contributed by atoms with van der Waals surface area (Å²) in [5.74, 6) is 0.213. The molecule has 1 saturated heterocycles. The van der Waals surface area contributed by atoms with Crippen LogP contribution < -0.4 is 0 Å². The molecule has 0 bridgehead atoms. The minimum absolute atomic E-state index is 0.128. The van der Waals surface area contributed by atoms with Crippen molar-refractivity contribution >= 4 is 16.2 Å². The molecule has 0 aliphatic carbocycles. The van der Waals surface area contributed by atoms with Crippen LogP contribution in [0.2, 0.25) is 18.1 Å². The summed E-state index contributed by atoms with van der Waals surface area (Å²) in [6.45, 7) is 9.26. The van der Waals surface area contributed by atoms with E-state index >= 15 is 0 Å². The SMILES string of the molecule is B[C@@H]1O[C@H](CO[Si](CC)(CC)CC)[C@H](O)C1C. The van der Waals surface area contributed by atoms with E-state index in [0.717, 1.165) is 18.1 Å². The lowest BCUT2D eigenvalue weighted by Gasteiger charge is -2.30. The van der Waals surface area contributed by atoms with Crippen LogP contribution >= 0.6 is 0 Å². The predicted octanol–water partition coefficient (Wildman–Crippen LogP) is 1.36. The molecule has 0 radical (unpaired) electrons. The number of ether oxygens (including phenoxy) is 1. The van der Waals surface area contributed by atoms with Gasteiger partial charge in [0.2, 0.25) is 0 Å². The van der Waals surface area contributed by atoms with Crippen molar-refractivity contribution in [3.8, 4) is 0 Å². The van der Waals surface area contributed by atoms with Gasteiger partial charge in [0.25, 0.3) is 0 Å². The second kappa shape index (κ2) is 6.36. The van der Waals surface area contributed by atoms with Crippen molar-refractivity contribution in [1.29, 1.82) is 0 Å². The zero-order valence-electron chi connectivity index (χ0n) is 11.9. The Hall–Kier alpha value is 0.162. The van der Waals surface area contributed by atoms with E-state index in [-0.39, 0.29) is 24.1 Å². The van der Waals surface area contributed by atoms with Crippen LogP contribution in [0.15, 0.2) is 0 Å². The molecular formula is C12H27BO3Si. The molecule has 0 aromatic rings. The molecule has 5 heteroatoms. The van der Waals surface area contributed by atoms with Gasteiger partial charge in [-0.25, -0.2) is 0 Å². The maximum Gasteiger partial charge on any atom is 0.192 e. The minimum atomic E-state index is -1.55. The smallest absolute Gasteiger partial charge is 0.192 e. The highest BCUT2D eigenvalue weighted by atomic mass is 28.4. The first-order valence-electron chi connectivity index (χ1n) is 6.97. The van der Waals surface area contributed by atoms with Crippen molar-refractivity contribution in [1.82, 2.24) is 0 Å². The average Bonchev–Trinajstić information content (AvgIpc) is 2.59. The maximum absolute atomic E-state index is 10.1. The van der Waals surface area contributed by atoms with Gasteiger partial charge in [-0.3, -0.25) is 0 Å². The zero-order valence-corrected chi connectivity index (χ0v) is 12.9. The number of hydrogen-bond acceptors (Lipinski definition) is 3. The first kappa shape index (κ1) is 15.2. The Balaban J connectivity index is 2.50. The molecule has 0 saturated carbocycles. The third-order valence-corrected chi connectivity index (χ3v) is 9.18. The highest BCUT2D eigenvalue weighted by molar-refractivity contribution is 6.73. The summed E-state index contributed by atoms with van der Waals surface area (Å²) in [6.07, 6.45) is -0.501. The Bertz CT molecular complexity index is 228. The second-order valence-electron chi connectivity index (χ2n) is 5.28. The summed E-state index contributed by atoms with van der Waals surface area (Å²) in [7, 11) is 0.476. The lowest BCUT2D eigenvalue weighted by atomic mass is 9.86. The summed E-state index contributed by atoms with van der Waals surface area (Å²) >= 11 is 0. The highest BCUT2D eigenvalue weighted by Crippen LogP contribution is 2.28. The molecule has 0 amide bonds. The molecule has 0 aromatic heterocycles. The standard InChI is InChI=1S/C12H27BO3Si/c1-5-17(6-2,7-3)15-8-10-11(14)9(4)12(13)16-10/h9-12,14H,5-8,13H2,1-4H3/t9?,10-,11-,12-/m1/s1. The number of aliphatic hydroxyl groups is 1. The molecule has 1 N–H and O–H groups in total. The van der Waals surface area contributed by atoms with Crippen LogP contribution in [0.1, 0.15) is 27.7 Å². The zero-order chi connectivity index (χ0) is 13.1. The van der Waals surface area contributed by atoms with E-state index < -0.39 is 8.32 Å². The molecule has 17 heavy (non-hydrogen) atoms. The van der Waals surface area contributed by atoms with E-state index in [2.05, 4.69) is 20.8 Å². The summed E-state index contributed by atoms with van der Waals surface area (Å²) < 4.78 is 11.9. The van der Waals surface area contributed by atoms with E-state index in [1.807, 2.05) is 14.8 Å². The molecule has 1 rings (SSSR count). The molecular weight excluding hydrogens is 231 g/mol. The van der Waals surface area contributed by atoms with Crippen molar-refractivity contribution in [3.05, 3.63) is 0 Å². The van der Waals surface area contributed by atoms with Gasteiger partial charge >= 0.3 is 0 Å². The Labute approximate surface area is 107 Å². The fourth-order valence-electron chi connectivity index (χ4n) is 2.55. The normalized spacial score (nSPS) is 34.2. The number of hydrogen-bond donors (Lipinski definition) is 1. The summed E-state index contributed by atoms with van der Waals surface area (Å²) in [6, 6.07) is 3.58. The molecule has 1 fully saturated rings. The quantitative estimate of drug-likeness (QED) is 0.731. The van der Waals surface area contributed by atoms with Crippen LogP contribution in [0.3, 0.4) is 0 Å². The molecule has 1 aliphatic heterocycles. The van der Waals surface area contributed by atoms with E-state index in [9.17, 15) is 5.11 Å². The van der Waals surface area contributed by atoms with E-state index in [4.69, 9.17) is 9.16 Å². The Morgan fingerprint density at radius 2 is 1.76 bits per heavy atom. The fourth-order valence-corrected chi connectivity index (χ4v) is 5.18. The Morgan fingerprint density at radius 1 is 1.24 bits per heavy atom.